The van der Waals surface area contributed by atoms with E-state index in [1.165, 1.54) is 0 Å². The maximum atomic E-state index is 13.9. The molecule has 0 radical (unpaired) electrons. The summed E-state index contributed by atoms with van der Waals surface area (Å²) in [5.74, 6) is -1.94. The average molecular weight is 924 g/mol. The predicted molar refractivity (Wildman–Crippen MR) is 249 cm³/mol. The number of carbonyl (C=O) groups is 7. The number of aryl methyl sites for hydroxylation is 1. The normalized spacial score (nSPS) is 15.2. The molecule has 3 aromatic carbocycles. The minimum absolute atomic E-state index is 0.206. The van der Waals surface area contributed by atoms with Crippen LogP contribution in [-0.2, 0) is 39.9 Å². The first-order chi connectivity index (χ1) is 31.7. The van der Waals surface area contributed by atoms with Crippen molar-refractivity contribution in [1.82, 2.24) is 47.2 Å². The Balaban J connectivity index is 1.15. The van der Waals surface area contributed by atoms with Crippen LogP contribution in [-0.4, -0.2) is 106 Å². The van der Waals surface area contributed by atoms with Gasteiger partial charge in [-0.15, -0.1) is 10.2 Å². The summed E-state index contributed by atoms with van der Waals surface area (Å²) in [5.41, 5.74) is 3.89. The summed E-state index contributed by atoms with van der Waals surface area (Å²) >= 11 is 0. The van der Waals surface area contributed by atoms with Crippen LogP contribution in [0.2, 0.25) is 0 Å². The first kappa shape index (κ1) is 50.6. The van der Waals surface area contributed by atoms with Crippen molar-refractivity contribution in [3.63, 3.8) is 0 Å². The van der Waals surface area contributed by atoms with Crippen LogP contribution in [0.4, 0.5) is 21.0 Å². The number of benzene rings is 3. The van der Waals surface area contributed by atoms with Gasteiger partial charge in [-0.25, -0.2) is 9.59 Å². The summed E-state index contributed by atoms with van der Waals surface area (Å²) in [7, 11) is 0. The Morgan fingerprint density at radius 2 is 1.24 bits per heavy atom. The van der Waals surface area contributed by atoms with Crippen molar-refractivity contribution in [3.05, 3.63) is 77.9 Å². The van der Waals surface area contributed by atoms with Gasteiger partial charge >= 0.3 is 12.2 Å². The van der Waals surface area contributed by atoms with Crippen molar-refractivity contribution in [3.8, 4) is 22.5 Å². The number of nitrogens with zero attached hydrogens (tertiary/aromatic N) is 3. The topological polar surface area (TPSA) is 277 Å². The van der Waals surface area contributed by atoms with Crippen LogP contribution in [0.5, 0.6) is 0 Å². The first-order valence-electron chi connectivity index (χ1n) is 22.1. The number of hydrogen-bond acceptors (Lipinski definition) is 12. The van der Waals surface area contributed by atoms with Crippen LogP contribution < -0.4 is 37.2 Å². The van der Waals surface area contributed by atoms with E-state index in [1.54, 1.807) is 57.2 Å². The van der Waals surface area contributed by atoms with E-state index < -0.39 is 53.7 Å². The average Bonchev–Trinajstić information content (AvgIpc) is 3.81. The first-order valence-corrected chi connectivity index (χ1v) is 22.1. The van der Waals surface area contributed by atoms with E-state index >= 15 is 0 Å². The summed E-state index contributed by atoms with van der Waals surface area (Å²) in [5, 5.41) is 32.7. The number of carbonyl (C=O) groups excluding carboxylic acids is 7. The molecule has 5 rings (SSSR count). The number of H-pyrrole nitrogens is 1. The van der Waals surface area contributed by atoms with Crippen LogP contribution in [0.3, 0.4) is 0 Å². The number of anilines is 2. The van der Waals surface area contributed by atoms with Crippen molar-refractivity contribution in [2.75, 3.05) is 36.8 Å². The molecule has 67 heavy (non-hydrogen) atoms. The molecular weight excluding hydrogens is 863 g/mol. The van der Waals surface area contributed by atoms with Gasteiger partial charge in [0, 0.05) is 35.8 Å². The van der Waals surface area contributed by atoms with Crippen LogP contribution in [0.1, 0.15) is 78.4 Å². The third kappa shape index (κ3) is 17.2. The quantitative estimate of drug-likeness (QED) is 0.0726. The number of tetrazole rings is 1. The number of aromatic nitrogens is 4. The molecule has 7 amide bonds. The van der Waals surface area contributed by atoms with Gasteiger partial charge in [0.05, 0.1) is 13.1 Å². The fourth-order valence-corrected chi connectivity index (χ4v) is 7.16. The van der Waals surface area contributed by atoms with Gasteiger partial charge in [0.1, 0.15) is 23.8 Å². The molecule has 0 spiro atoms. The molecule has 8 N–H and O–H groups in total. The summed E-state index contributed by atoms with van der Waals surface area (Å²) < 4.78 is 10.4. The molecule has 1 atom stereocenters. The highest BCUT2D eigenvalue weighted by molar-refractivity contribution is 5.98. The van der Waals surface area contributed by atoms with E-state index in [-0.39, 0.29) is 43.2 Å². The lowest BCUT2D eigenvalue weighted by molar-refractivity contribution is -0.130. The highest BCUT2D eigenvalue weighted by atomic mass is 16.6. The van der Waals surface area contributed by atoms with E-state index in [1.807, 2.05) is 58.0 Å². The Labute approximate surface area is 389 Å². The molecule has 358 valence electrons. The molecule has 1 heterocycles. The fraction of sp³-hybridized carbons (Fsp3) is 0.447. The fourth-order valence-electron chi connectivity index (χ4n) is 7.16. The molecule has 0 unspecified atom stereocenters. The number of nitrogens with one attached hydrogen (secondary N) is 8. The number of amides is 7. The molecule has 0 saturated heterocycles. The third-order valence-corrected chi connectivity index (χ3v) is 10.4. The Bertz CT molecular complexity index is 2350. The highest BCUT2D eigenvalue weighted by Crippen LogP contribution is 2.30. The van der Waals surface area contributed by atoms with Gasteiger partial charge < -0.3 is 46.7 Å². The minimum atomic E-state index is -0.900. The van der Waals surface area contributed by atoms with Crippen molar-refractivity contribution in [1.29, 1.82) is 0 Å². The van der Waals surface area contributed by atoms with E-state index in [9.17, 15) is 33.6 Å². The second-order valence-corrected chi connectivity index (χ2v) is 18.4. The molecule has 20 nitrogen and oxygen atoms in total. The molecule has 0 aliphatic heterocycles. The zero-order valence-corrected chi connectivity index (χ0v) is 39.0. The number of rotatable bonds is 17. The van der Waals surface area contributed by atoms with Gasteiger partial charge in [-0.3, -0.25) is 24.0 Å². The van der Waals surface area contributed by atoms with Gasteiger partial charge in [-0.1, -0.05) is 30.3 Å². The predicted octanol–water partition coefficient (Wildman–Crippen LogP) is 4.53. The Morgan fingerprint density at radius 1 is 0.672 bits per heavy atom. The van der Waals surface area contributed by atoms with Gasteiger partial charge in [-0.2, -0.15) is 5.21 Å². The molecule has 1 aromatic heterocycles. The molecule has 20 heteroatoms. The number of alkyl carbamates (subject to hydrolysis) is 2. The summed E-state index contributed by atoms with van der Waals surface area (Å²) in [4.78, 5) is 88.4. The molecule has 1 aliphatic carbocycles. The molecule has 1 aliphatic rings. The summed E-state index contributed by atoms with van der Waals surface area (Å²) in [6.07, 6.45) is 1.70. The standard InChI is InChI=1S/C47H61N11O9/c1-28-22-35(52-40(61)27-49-38(59)25-48-39(60)26-51-45(65)67-47(5,6)7)20-21-36(28)31-12-8-29(9-13-31)23-37(43(63)53-34-18-16-32(17-19-34)41-55-57-58-56-41)54-42(62)33-14-10-30(11-15-33)24-50-44(64)66-46(2,3)4/h8-9,12-13,16-22,30,33,37H,10-11,14-15,23-27H2,1-7H3,(H,48,60)(H,49,59)(H,50,64)(H,51,65)(H,52,61)(H,53,63)(H,54,62)(H,55,56,57,58)/t30-,33-,37-/m0/s1. The van der Waals surface area contributed by atoms with Crippen molar-refractivity contribution in [2.24, 2.45) is 11.8 Å². The Hall–Kier alpha value is -7.38. The largest absolute Gasteiger partial charge is 0.444 e. The smallest absolute Gasteiger partial charge is 0.408 e. The maximum absolute atomic E-state index is 13.9. The highest BCUT2D eigenvalue weighted by Gasteiger charge is 2.30. The van der Waals surface area contributed by atoms with E-state index in [0.717, 1.165) is 35.1 Å². The number of ether oxygens (including phenoxy) is 2. The molecular formula is C47H61N11O9. The molecule has 1 fully saturated rings. The molecule has 0 bridgehead atoms. The SMILES string of the molecule is Cc1cc(NC(=O)CNC(=O)CNC(=O)CNC(=O)OC(C)(C)C)ccc1-c1ccc(C[C@H](NC(=O)[C@H]2CC[C@H](CNC(=O)OC(C)(C)C)CC2)C(=O)Nc2ccc(-c3nn[nH]n3)cc2)cc1. The van der Waals surface area contributed by atoms with E-state index in [0.29, 0.717) is 42.1 Å². The lowest BCUT2D eigenvalue weighted by atomic mass is 9.81. The van der Waals surface area contributed by atoms with E-state index in [2.05, 4.69) is 57.8 Å². The van der Waals surface area contributed by atoms with Crippen LogP contribution in [0.25, 0.3) is 22.5 Å². The Kier molecular flexibility index (Phi) is 17.5. The Morgan fingerprint density at radius 3 is 1.82 bits per heavy atom. The second kappa shape index (κ2) is 23.2. The second-order valence-electron chi connectivity index (χ2n) is 18.4. The summed E-state index contributed by atoms with van der Waals surface area (Å²) in [6, 6.07) is 19.1. The minimum Gasteiger partial charge on any atom is -0.444 e. The van der Waals surface area contributed by atoms with Crippen LogP contribution >= 0.6 is 0 Å². The number of hydrogen-bond donors (Lipinski definition) is 8. The van der Waals surface area contributed by atoms with Crippen molar-refractivity contribution >= 4 is 53.1 Å². The molecule has 4 aromatic rings. The van der Waals surface area contributed by atoms with Gasteiger partial charge in [0.25, 0.3) is 0 Å². The summed E-state index contributed by atoms with van der Waals surface area (Å²) in [6.45, 7) is 11.7. The molecule has 1 saturated carbocycles. The maximum Gasteiger partial charge on any atom is 0.408 e. The van der Waals surface area contributed by atoms with Gasteiger partial charge in [-0.05, 0) is 144 Å². The van der Waals surface area contributed by atoms with Gasteiger partial charge in [0.15, 0.2) is 0 Å². The van der Waals surface area contributed by atoms with E-state index in [4.69, 9.17) is 9.47 Å². The van der Waals surface area contributed by atoms with Crippen molar-refractivity contribution in [2.45, 2.75) is 97.8 Å². The van der Waals surface area contributed by atoms with Crippen LogP contribution in [0, 0.1) is 18.8 Å². The third-order valence-electron chi connectivity index (χ3n) is 10.4. The van der Waals surface area contributed by atoms with Crippen molar-refractivity contribution < 1.29 is 43.0 Å². The zero-order valence-electron chi connectivity index (χ0n) is 39.0. The lowest BCUT2D eigenvalue weighted by Crippen LogP contribution is -2.48. The van der Waals surface area contributed by atoms with Gasteiger partial charge in [0.2, 0.25) is 35.4 Å². The number of aromatic amines is 1. The van der Waals surface area contributed by atoms with Crippen LogP contribution in [0.15, 0.2) is 66.7 Å². The zero-order chi connectivity index (χ0) is 48.7. The monoisotopic (exact) mass is 923 g/mol. The lowest BCUT2D eigenvalue weighted by Gasteiger charge is -2.29.